The maximum atomic E-state index is 13.3. The number of fused-ring (bicyclic) bond motifs is 4. The molecule has 5 rings (SSSR count). The van der Waals surface area contributed by atoms with Gasteiger partial charge >= 0.3 is 0 Å². The van der Waals surface area contributed by atoms with Crippen molar-refractivity contribution in [2.45, 2.75) is 18.9 Å². The molecule has 0 aliphatic carbocycles. The molecule has 3 aliphatic rings. The predicted octanol–water partition coefficient (Wildman–Crippen LogP) is 3.52. The average molecular weight is 339 g/mol. The number of piperidine rings is 3. The lowest BCUT2D eigenvalue weighted by atomic mass is 9.84. The number of nitrogens with zero attached hydrogens (tertiary/aromatic N) is 1. The van der Waals surface area contributed by atoms with Gasteiger partial charge in [0, 0.05) is 22.7 Å². The summed E-state index contributed by atoms with van der Waals surface area (Å²) < 4.78 is 14.0. The molecule has 116 valence electrons. The van der Waals surface area contributed by atoms with Gasteiger partial charge in [-0.25, -0.2) is 4.39 Å². The predicted molar refractivity (Wildman–Crippen MR) is 87.2 cm³/mol. The molecule has 3 fully saturated rings. The largest absolute Gasteiger partial charge is 0.347 e. The normalized spacial score (nSPS) is 27.3. The van der Waals surface area contributed by atoms with Gasteiger partial charge < -0.3 is 10.2 Å². The van der Waals surface area contributed by atoms with E-state index in [2.05, 4.69) is 10.2 Å². The SMILES string of the molecule is O=C(N[C@@H]1CN2CCC1CC2)c1sc2cc(F)ccc2c1Cl. The summed E-state index contributed by atoms with van der Waals surface area (Å²) in [6.45, 7) is 3.20. The van der Waals surface area contributed by atoms with E-state index in [4.69, 9.17) is 11.6 Å². The van der Waals surface area contributed by atoms with Gasteiger partial charge in [-0.05, 0) is 50.0 Å². The molecule has 1 N–H and O–H groups in total. The fourth-order valence-corrected chi connectivity index (χ4v) is 4.99. The van der Waals surface area contributed by atoms with E-state index in [-0.39, 0.29) is 17.8 Å². The second-order valence-corrected chi connectivity index (χ2v) is 7.53. The van der Waals surface area contributed by atoms with Crippen molar-refractivity contribution in [3.63, 3.8) is 0 Å². The van der Waals surface area contributed by atoms with Crippen molar-refractivity contribution in [3.05, 3.63) is 33.9 Å². The Balaban J connectivity index is 1.59. The molecule has 3 nitrogen and oxygen atoms in total. The lowest BCUT2D eigenvalue weighted by Gasteiger charge is -2.44. The number of halogens is 2. The third-order valence-electron chi connectivity index (χ3n) is 4.77. The molecule has 2 aromatic rings. The van der Waals surface area contributed by atoms with Crippen LogP contribution in [0, 0.1) is 11.7 Å². The summed E-state index contributed by atoms with van der Waals surface area (Å²) in [5, 5.41) is 4.31. The fraction of sp³-hybridized carbons (Fsp3) is 0.438. The van der Waals surface area contributed by atoms with Gasteiger partial charge in [-0.15, -0.1) is 11.3 Å². The summed E-state index contributed by atoms with van der Waals surface area (Å²) in [7, 11) is 0. The van der Waals surface area contributed by atoms with Gasteiger partial charge in [0.05, 0.1) is 5.02 Å². The van der Waals surface area contributed by atoms with Crippen LogP contribution >= 0.6 is 22.9 Å². The summed E-state index contributed by atoms with van der Waals surface area (Å²) in [6.07, 6.45) is 2.30. The van der Waals surface area contributed by atoms with Crippen molar-refractivity contribution in [1.29, 1.82) is 0 Å². The maximum Gasteiger partial charge on any atom is 0.263 e. The Morgan fingerprint density at radius 3 is 2.82 bits per heavy atom. The highest BCUT2D eigenvalue weighted by Crippen LogP contribution is 2.36. The standard InChI is InChI=1S/C16H16ClFN2OS/c17-14-11-2-1-10(18)7-13(11)22-15(14)16(21)19-12-8-20-5-3-9(12)4-6-20/h1-2,7,9,12H,3-6,8H2,(H,19,21)/t12-/m1/s1. The Kier molecular flexibility index (Phi) is 3.59. The van der Waals surface area contributed by atoms with Crippen LogP contribution in [0.2, 0.25) is 5.02 Å². The molecule has 3 saturated heterocycles. The van der Waals surface area contributed by atoms with E-state index >= 15 is 0 Å². The van der Waals surface area contributed by atoms with Crippen LogP contribution in [0.3, 0.4) is 0 Å². The number of amides is 1. The third-order valence-corrected chi connectivity index (χ3v) is 6.43. The molecule has 6 heteroatoms. The third kappa shape index (κ3) is 2.41. The van der Waals surface area contributed by atoms with E-state index in [1.165, 1.54) is 23.5 Å². The van der Waals surface area contributed by atoms with Crippen LogP contribution in [0.1, 0.15) is 22.5 Å². The molecule has 2 bridgehead atoms. The monoisotopic (exact) mass is 338 g/mol. The highest BCUT2D eigenvalue weighted by atomic mass is 35.5. The second-order valence-electron chi connectivity index (χ2n) is 6.10. The van der Waals surface area contributed by atoms with Gasteiger partial charge in [0.2, 0.25) is 0 Å². The van der Waals surface area contributed by atoms with Crippen molar-refractivity contribution in [2.24, 2.45) is 5.92 Å². The Morgan fingerprint density at radius 2 is 2.14 bits per heavy atom. The van der Waals surface area contributed by atoms with Gasteiger partial charge in [0.15, 0.2) is 0 Å². The lowest BCUT2D eigenvalue weighted by Crippen LogP contribution is -2.57. The smallest absolute Gasteiger partial charge is 0.263 e. The summed E-state index contributed by atoms with van der Waals surface area (Å²) in [6, 6.07) is 4.63. The molecule has 0 saturated carbocycles. The van der Waals surface area contributed by atoms with Crippen LogP contribution in [0.4, 0.5) is 4.39 Å². The Bertz CT molecular complexity index is 739. The van der Waals surface area contributed by atoms with Gasteiger partial charge in [-0.2, -0.15) is 0 Å². The molecule has 1 aromatic carbocycles. The number of hydrogen-bond donors (Lipinski definition) is 1. The van der Waals surface area contributed by atoms with Crippen molar-refractivity contribution >= 4 is 38.9 Å². The minimum atomic E-state index is -0.310. The number of carbonyl (C=O) groups is 1. The van der Waals surface area contributed by atoms with Crippen LogP contribution in [0.25, 0.3) is 10.1 Å². The van der Waals surface area contributed by atoms with E-state index < -0.39 is 0 Å². The molecule has 1 amide bonds. The van der Waals surface area contributed by atoms with Crippen molar-refractivity contribution in [3.8, 4) is 0 Å². The number of carbonyl (C=O) groups excluding carboxylic acids is 1. The number of thiophene rings is 1. The first-order chi connectivity index (χ1) is 10.6. The Morgan fingerprint density at radius 1 is 1.36 bits per heavy atom. The van der Waals surface area contributed by atoms with E-state index in [9.17, 15) is 9.18 Å². The van der Waals surface area contributed by atoms with E-state index in [1.54, 1.807) is 6.07 Å². The van der Waals surface area contributed by atoms with Crippen molar-refractivity contribution < 1.29 is 9.18 Å². The first-order valence-corrected chi connectivity index (χ1v) is 8.72. The van der Waals surface area contributed by atoms with Crippen LogP contribution in [-0.4, -0.2) is 36.5 Å². The molecular formula is C16H16ClFN2OS. The molecule has 0 spiro atoms. The molecule has 1 atom stereocenters. The molecule has 22 heavy (non-hydrogen) atoms. The maximum absolute atomic E-state index is 13.3. The van der Waals surface area contributed by atoms with E-state index in [0.717, 1.165) is 37.9 Å². The van der Waals surface area contributed by atoms with Crippen LogP contribution in [0.15, 0.2) is 18.2 Å². The van der Waals surface area contributed by atoms with Gasteiger partial charge in [0.25, 0.3) is 5.91 Å². The topological polar surface area (TPSA) is 32.3 Å². The fourth-order valence-electron chi connectivity index (χ4n) is 3.55. The van der Waals surface area contributed by atoms with Gasteiger partial charge in [0.1, 0.15) is 10.7 Å². The second kappa shape index (κ2) is 5.48. The molecule has 1 aromatic heterocycles. The molecule has 0 unspecified atom stereocenters. The van der Waals surface area contributed by atoms with Gasteiger partial charge in [-0.3, -0.25) is 4.79 Å². The average Bonchev–Trinajstić information content (AvgIpc) is 2.85. The molecule has 0 radical (unpaired) electrons. The van der Waals surface area contributed by atoms with Crippen molar-refractivity contribution in [1.82, 2.24) is 10.2 Å². The zero-order valence-electron chi connectivity index (χ0n) is 11.9. The number of rotatable bonds is 2. The first kappa shape index (κ1) is 14.4. The Hall–Kier alpha value is -1.17. The molecular weight excluding hydrogens is 323 g/mol. The summed E-state index contributed by atoms with van der Waals surface area (Å²) in [4.78, 5) is 15.4. The zero-order chi connectivity index (χ0) is 15.3. The number of hydrogen-bond acceptors (Lipinski definition) is 3. The van der Waals surface area contributed by atoms with Crippen LogP contribution < -0.4 is 5.32 Å². The highest BCUT2D eigenvalue weighted by molar-refractivity contribution is 7.21. The minimum absolute atomic E-state index is 0.134. The van der Waals surface area contributed by atoms with E-state index in [1.807, 2.05) is 0 Å². The van der Waals surface area contributed by atoms with Crippen LogP contribution in [0.5, 0.6) is 0 Å². The van der Waals surface area contributed by atoms with Crippen LogP contribution in [-0.2, 0) is 0 Å². The van der Waals surface area contributed by atoms with E-state index in [0.29, 0.717) is 20.5 Å². The minimum Gasteiger partial charge on any atom is -0.347 e. The molecule has 4 heterocycles. The highest BCUT2D eigenvalue weighted by Gasteiger charge is 2.35. The van der Waals surface area contributed by atoms with Crippen molar-refractivity contribution in [2.75, 3.05) is 19.6 Å². The number of nitrogens with one attached hydrogen (secondary N) is 1. The summed E-state index contributed by atoms with van der Waals surface area (Å²) >= 11 is 7.57. The molecule has 3 aliphatic heterocycles. The lowest BCUT2D eigenvalue weighted by molar-refractivity contribution is 0.0623. The first-order valence-electron chi connectivity index (χ1n) is 7.52. The summed E-state index contributed by atoms with van der Waals surface area (Å²) in [5.74, 6) is 0.125. The summed E-state index contributed by atoms with van der Waals surface area (Å²) in [5.41, 5.74) is 0. The zero-order valence-corrected chi connectivity index (χ0v) is 13.5. The number of benzene rings is 1. The Labute approximate surface area is 137 Å². The van der Waals surface area contributed by atoms with Gasteiger partial charge in [-0.1, -0.05) is 11.6 Å². The quantitative estimate of drug-likeness (QED) is 0.908.